The van der Waals surface area contributed by atoms with Crippen LogP contribution in [0.2, 0.25) is 5.02 Å². The standard InChI is InChI=1S/C17H26ClNO2/c1-3-19-12-17(15-9-4-5-10-16(15)18)21-14-8-6-7-13(11-14)20-2/h4-5,9-10,13-14,17,19H,3,6-8,11-12H2,1-2H3. The lowest BCUT2D eigenvalue weighted by molar-refractivity contribution is -0.0654. The van der Waals surface area contributed by atoms with Gasteiger partial charge in [-0.15, -0.1) is 0 Å². The molecule has 1 aliphatic carbocycles. The van der Waals surface area contributed by atoms with Crippen molar-refractivity contribution in [1.29, 1.82) is 0 Å². The van der Waals surface area contributed by atoms with Gasteiger partial charge < -0.3 is 14.8 Å². The van der Waals surface area contributed by atoms with E-state index in [9.17, 15) is 0 Å². The van der Waals surface area contributed by atoms with Gasteiger partial charge in [0.05, 0.1) is 18.3 Å². The van der Waals surface area contributed by atoms with Crippen molar-refractivity contribution in [2.45, 2.75) is 50.9 Å². The molecule has 1 aromatic rings. The Bertz CT molecular complexity index is 427. The zero-order valence-electron chi connectivity index (χ0n) is 13.0. The highest BCUT2D eigenvalue weighted by molar-refractivity contribution is 6.31. The lowest BCUT2D eigenvalue weighted by atomic mass is 9.94. The average Bonchev–Trinajstić information content (AvgIpc) is 2.52. The fourth-order valence-electron chi connectivity index (χ4n) is 2.92. The van der Waals surface area contributed by atoms with Gasteiger partial charge in [-0.3, -0.25) is 0 Å². The first-order valence-corrected chi connectivity index (χ1v) is 8.25. The van der Waals surface area contributed by atoms with Gasteiger partial charge >= 0.3 is 0 Å². The van der Waals surface area contributed by atoms with E-state index in [-0.39, 0.29) is 12.2 Å². The van der Waals surface area contributed by atoms with E-state index in [2.05, 4.69) is 18.3 Å². The first-order chi connectivity index (χ1) is 10.2. The maximum absolute atomic E-state index is 6.37. The van der Waals surface area contributed by atoms with Crippen LogP contribution in [0.1, 0.15) is 44.3 Å². The van der Waals surface area contributed by atoms with Crippen molar-refractivity contribution in [3.05, 3.63) is 34.9 Å². The van der Waals surface area contributed by atoms with Crippen LogP contribution in [0, 0.1) is 0 Å². The van der Waals surface area contributed by atoms with Gasteiger partial charge in [0.1, 0.15) is 0 Å². The molecule has 4 heteroatoms. The molecular weight excluding hydrogens is 286 g/mol. The molecule has 1 fully saturated rings. The van der Waals surface area contributed by atoms with E-state index in [0.717, 1.165) is 42.9 Å². The number of ether oxygens (including phenoxy) is 2. The topological polar surface area (TPSA) is 30.5 Å². The highest BCUT2D eigenvalue weighted by atomic mass is 35.5. The quantitative estimate of drug-likeness (QED) is 0.826. The Balaban J connectivity index is 2.04. The molecule has 0 saturated heterocycles. The summed E-state index contributed by atoms with van der Waals surface area (Å²) in [6.07, 6.45) is 4.97. The van der Waals surface area contributed by atoms with Crippen LogP contribution in [0.5, 0.6) is 0 Å². The molecule has 0 radical (unpaired) electrons. The number of likely N-dealkylation sites (N-methyl/N-ethyl adjacent to an activating group) is 1. The summed E-state index contributed by atoms with van der Waals surface area (Å²) in [6, 6.07) is 7.96. The summed E-state index contributed by atoms with van der Waals surface area (Å²) in [5.74, 6) is 0. The third-order valence-corrected chi connectivity index (χ3v) is 4.44. The molecule has 1 aromatic carbocycles. The SMILES string of the molecule is CCNCC(OC1CCCC(OC)C1)c1ccccc1Cl. The Kier molecular flexibility index (Phi) is 6.97. The lowest BCUT2D eigenvalue weighted by Gasteiger charge is -2.32. The van der Waals surface area contributed by atoms with E-state index in [4.69, 9.17) is 21.1 Å². The predicted octanol–water partition coefficient (Wildman–Crippen LogP) is 3.96. The fraction of sp³-hybridized carbons (Fsp3) is 0.647. The Morgan fingerprint density at radius 2 is 2.05 bits per heavy atom. The van der Waals surface area contributed by atoms with Crippen molar-refractivity contribution in [2.24, 2.45) is 0 Å². The molecule has 0 aromatic heterocycles. The summed E-state index contributed by atoms with van der Waals surface area (Å²) in [4.78, 5) is 0. The van der Waals surface area contributed by atoms with Gasteiger partial charge in [0.2, 0.25) is 0 Å². The summed E-state index contributed by atoms with van der Waals surface area (Å²) >= 11 is 6.34. The zero-order chi connectivity index (χ0) is 15.1. The highest BCUT2D eigenvalue weighted by Gasteiger charge is 2.26. The minimum Gasteiger partial charge on any atom is -0.381 e. The van der Waals surface area contributed by atoms with Crippen LogP contribution in [0.4, 0.5) is 0 Å². The molecule has 3 atom stereocenters. The minimum atomic E-state index is -0.000689. The highest BCUT2D eigenvalue weighted by Crippen LogP contribution is 2.31. The Morgan fingerprint density at radius 3 is 2.76 bits per heavy atom. The Morgan fingerprint density at radius 1 is 1.29 bits per heavy atom. The van der Waals surface area contributed by atoms with Crippen LogP contribution in [0.3, 0.4) is 0 Å². The molecule has 21 heavy (non-hydrogen) atoms. The van der Waals surface area contributed by atoms with Crippen molar-refractivity contribution in [3.63, 3.8) is 0 Å². The monoisotopic (exact) mass is 311 g/mol. The zero-order valence-corrected chi connectivity index (χ0v) is 13.7. The van der Waals surface area contributed by atoms with Gasteiger partial charge in [-0.05, 0) is 38.3 Å². The molecule has 1 aliphatic rings. The number of nitrogens with one attached hydrogen (secondary N) is 1. The third kappa shape index (κ3) is 4.96. The molecule has 1 N–H and O–H groups in total. The van der Waals surface area contributed by atoms with E-state index in [0.29, 0.717) is 6.10 Å². The second-order valence-electron chi connectivity index (χ2n) is 5.60. The van der Waals surface area contributed by atoms with Crippen molar-refractivity contribution >= 4 is 11.6 Å². The van der Waals surface area contributed by atoms with E-state index in [1.165, 1.54) is 6.42 Å². The maximum Gasteiger partial charge on any atom is 0.0967 e. The van der Waals surface area contributed by atoms with Crippen LogP contribution < -0.4 is 5.32 Å². The van der Waals surface area contributed by atoms with Crippen LogP contribution in [0.15, 0.2) is 24.3 Å². The minimum absolute atomic E-state index is 0.000689. The number of benzene rings is 1. The molecule has 0 spiro atoms. The first kappa shape index (κ1) is 16.8. The van der Waals surface area contributed by atoms with Gasteiger partial charge in [0, 0.05) is 24.2 Å². The summed E-state index contributed by atoms with van der Waals surface area (Å²) in [6.45, 7) is 3.81. The molecule has 3 nitrogen and oxygen atoms in total. The number of methoxy groups -OCH3 is 1. The van der Waals surface area contributed by atoms with E-state index in [1.54, 1.807) is 7.11 Å². The van der Waals surface area contributed by atoms with Crippen molar-refractivity contribution < 1.29 is 9.47 Å². The van der Waals surface area contributed by atoms with Crippen LogP contribution in [-0.2, 0) is 9.47 Å². The van der Waals surface area contributed by atoms with Crippen molar-refractivity contribution in [3.8, 4) is 0 Å². The molecular formula is C17H26ClNO2. The van der Waals surface area contributed by atoms with E-state index < -0.39 is 0 Å². The van der Waals surface area contributed by atoms with Crippen LogP contribution >= 0.6 is 11.6 Å². The van der Waals surface area contributed by atoms with Crippen LogP contribution in [-0.4, -0.2) is 32.4 Å². The molecule has 1 saturated carbocycles. The molecule has 118 valence electrons. The van der Waals surface area contributed by atoms with E-state index in [1.807, 2.05) is 18.2 Å². The number of rotatable bonds is 7. The van der Waals surface area contributed by atoms with Crippen molar-refractivity contribution in [1.82, 2.24) is 5.32 Å². The second kappa shape index (κ2) is 8.74. The third-order valence-electron chi connectivity index (χ3n) is 4.10. The lowest BCUT2D eigenvalue weighted by Crippen LogP contribution is -2.32. The average molecular weight is 312 g/mol. The second-order valence-corrected chi connectivity index (χ2v) is 6.01. The van der Waals surface area contributed by atoms with Gasteiger partial charge in [-0.25, -0.2) is 0 Å². The first-order valence-electron chi connectivity index (χ1n) is 7.88. The fourth-order valence-corrected chi connectivity index (χ4v) is 3.17. The maximum atomic E-state index is 6.37. The summed E-state index contributed by atoms with van der Waals surface area (Å²) < 4.78 is 11.9. The number of halogens is 1. The number of hydrogen-bond donors (Lipinski definition) is 1. The van der Waals surface area contributed by atoms with Gasteiger partial charge in [0.25, 0.3) is 0 Å². The summed E-state index contributed by atoms with van der Waals surface area (Å²) in [5.41, 5.74) is 1.07. The predicted molar refractivity (Wildman–Crippen MR) is 86.9 cm³/mol. The van der Waals surface area contributed by atoms with Gasteiger partial charge in [0.15, 0.2) is 0 Å². The molecule has 2 rings (SSSR count). The van der Waals surface area contributed by atoms with Gasteiger partial charge in [-0.1, -0.05) is 36.7 Å². The molecule has 0 heterocycles. The molecule has 0 bridgehead atoms. The van der Waals surface area contributed by atoms with E-state index >= 15 is 0 Å². The number of hydrogen-bond acceptors (Lipinski definition) is 3. The molecule has 3 unspecified atom stereocenters. The van der Waals surface area contributed by atoms with Crippen molar-refractivity contribution in [2.75, 3.05) is 20.2 Å². The Labute approximate surface area is 133 Å². The van der Waals surface area contributed by atoms with Gasteiger partial charge in [-0.2, -0.15) is 0 Å². The summed E-state index contributed by atoms with van der Waals surface area (Å²) in [5, 5.41) is 4.15. The smallest absolute Gasteiger partial charge is 0.0967 e. The normalized spacial score (nSPS) is 24.0. The van der Waals surface area contributed by atoms with Crippen LogP contribution in [0.25, 0.3) is 0 Å². The summed E-state index contributed by atoms with van der Waals surface area (Å²) in [7, 11) is 1.79. The molecule has 0 aliphatic heterocycles. The molecule has 0 amide bonds. The Hall–Kier alpha value is -0.610. The largest absolute Gasteiger partial charge is 0.381 e.